The molecule has 0 atom stereocenters. The Bertz CT molecular complexity index is 503. The molecule has 0 aliphatic heterocycles. The largest absolute Gasteiger partial charge is 0.469 e. The minimum Gasteiger partial charge on any atom is -0.469 e. The van der Waals surface area contributed by atoms with Crippen molar-refractivity contribution in [2.45, 2.75) is 19.4 Å². The molecule has 2 aromatic rings. The molecule has 19 heavy (non-hydrogen) atoms. The van der Waals surface area contributed by atoms with Crippen LogP contribution in [0.2, 0.25) is 0 Å². The number of benzene rings is 1. The summed E-state index contributed by atoms with van der Waals surface area (Å²) in [7, 11) is 1.91. The highest BCUT2D eigenvalue weighted by molar-refractivity contribution is 5.90. The number of carbonyl (C=O) groups is 1. The van der Waals surface area contributed by atoms with Gasteiger partial charge < -0.3 is 15.1 Å². The summed E-state index contributed by atoms with van der Waals surface area (Å²) in [6.45, 7) is 0.826. The minimum absolute atomic E-state index is 0.00207. The fourth-order valence-corrected chi connectivity index (χ4v) is 1.83. The molecule has 1 aromatic carbocycles. The van der Waals surface area contributed by atoms with E-state index < -0.39 is 0 Å². The first-order chi connectivity index (χ1) is 9.28. The van der Waals surface area contributed by atoms with E-state index in [2.05, 4.69) is 10.6 Å². The van der Waals surface area contributed by atoms with Crippen molar-refractivity contribution in [1.29, 1.82) is 0 Å². The Morgan fingerprint density at radius 2 is 2.00 bits per heavy atom. The highest BCUT2D eigenvalue weighted by atomic mass is 16.3. The average molecular weight is 258 g/mol. The number of hydrogen-bond donors (Lipinski definition) is 2. The third-order valence-corrected chi connectivity index (χ3v) is 2.80. The Balaban J connectivity index is 1.81. The first-order valence-electron chi connectivity index (χ1n) is 6.33. The van der Waals surface area contributed by atoms with Gasteiger partial charge in [-0.15, -0.1) is 0 Å². The molecule has 2 N–H and O–H groups in total. The van der Waals surface area contributed by atoms with Crippen LogP contribution in [0.4, 0.5) is 5.69 Å². The van der Waals surface area contributed by atoms with Gasteiger partial charge >= 0.3 is 0 Å². The first-order valence-corrected chi connectivity index (χ1v) is 6.33. The molecule has 4 heteroatoms. The Morgan fingerprint density at radius 3 is 2.63 bits per heavy atom. The predicted molar refractivity (Wildman–Crippen MR) is 74.9 cm³/mol. The van der Waals surface area contributed by atoms with Crippen LogP contribution in [0.25, 0.3) is 0 Å². The van der Waals surface area contributed by atoms with Crippen LogP contribution in [0.1, 0.15) is 17.7 Å². The van der Waals surface area contributed by atoms with Gasteiger partial charge in [0.25, 0.3) is 0 Å². The maximum absolute atomic E-state index is 11.8. The lowest BCUT2D eigenvalue weighted by molar-refractivity contribution is -0.116. The van der Waals surface area contributed by atoms with Crippen molar-refractivity contribution >= 4 is 11.6 Å². The second-order valence-corrected chi connectivity index (χ2v) is 4.35. The maximum Gasteiger partial charge on any atom is 0.224 e. The monoisotopic (exact) mass is 258 g/mol. The van der Waals surface area contributed by atoms with Crippen LogP contribution in [0, 0.1) is 0 Å². The molecule has 0 unspecified atom stereocenters. The van der Waals surface area contributed by atoms with Gasteiger partial charge in [-0.3, -0.25) is 4.79 Å². The van der Waals surface area contributed by atoms with Crippen molar-refractivity contribution in [3.63, 3.8) is 0 Å². The minimum atomic E-state index is -0.00207. The van der Waals surface area contributed by atoms with Crippen molar-refractivity contribution in [2.24, 2.45) is 0 Å². The zero-order chi connectivity index (χ0) is 13.5. The van der Waals surface area contributed by atoms with E-state index in [4.69, 9.17) is 4.42 Å². The maximum atomic E-state index is 11.8. The van der Waals surface area contributed by atoms with Crippen LogP contribution in [0.15, 0.2) is 47.1 Å². The Hall–Kier alpha value is -2.07. The Kier molecular flexibility index (Phi) is 4.75. The molecule has 1 heterocycles. The quantitative estimate of drug-likeness (QED) is 0.837. The van der Waals surface area contributed by atoms with E-state index in [0.29, 0.717) is 12.8 Å². The highest BCUT2D eigenvalue weighted by Gasteiger charge is 2.04. The highest BCUT2D eigenvalue weighted by Crippen LogP contribution is 2.11. The molecule has 0 radical (unpaired) electrons. The summed E-state index contributed by atoms with van der Waals surface area (Å²) in [5, 5.41) is 5.96. The molecular formula is C15H18N2O2. The lowest BCUT2D eigenvalue weighted by Gasteiger charge is -2.06. The van der Waals surface area contributed by atoms with E-state index in [1.807, 2.05) is 43.4 Å². The molecule has 4 nitrogen and oxygen atoms in total. The number of furan rings is 1. The van der Waals surface area contributed by atoms with E-state index in [9.17, 15) is 4.79 Å². The van der Waals surface area contributed by atoms with Crippen LogP contribution < -0.4 is 10.6 Å². The van der Waals surface area contributed by atoms with Crippen LogP contribution >= 0.6 is 0 Å². The fourth-order valence-electron chi connectivity index (χ4n) is 1.83. The van der Waals surface area contributed by atoms with E-state index in [1.165, 1.54) is 5.56 Å². The molecule has 100 valence electrons. The molecule has 0 aliphatic rings. The predicted octanol–water partition coefficient (Wildman–Crippen LogP) is 2.57. The van der Waals surface area contributed by atoms with Crippen LogP contribution in [0.5, 0.6) is 0 Å². The van der Waals surface area contributed by atoms with E-state index in [0.717, 1.165) is 18.0 Å². The van der Waals surface area contributed by atoms with E-state index in [1.54, 1.807) is 6.26 Å². The standard InChI is InChI=1S/C15H18N2O2/c1-16-11-12-4-6-13(7-5-12)17-15(18)9-8-14-3-2-10-19-14/h2-7,10,16H,8-9,11H2,1H3,(H,17,18). The Morgan fingerprint density at radius 1 is 1.21 bits per heavy atom. The summed E-state index contributed by atoms with van der Waals surface area (Å²) < 4.78 is 5.19. The van der Waals surface area contributed by atoms with Gasteiger partial charge in [0.1, 0.15) is 5.76 Å². The summed E-state index contributed by atoms with van der Waals surface area (Å²) >= 11 is 0. The molecule has 0 saturated heterocycles. The zero-order valence-electron chi connectivity index (χ0n) is 11.0. The van der Waals surface area contributed by atoms with Crippen molar-refractivity contribution in [2.75, 3.05) is 12.4 Å². The van der Waals surface area contributed by atoms with Gasteiger partial charge in [0.05, 0.1) is 6.26 Å². The van der Waals surface area contributed by atoms with E-state index in [-0.39, 0.29) is 5.91 Å². The molecular weight excluding hydrogens is 240 g/mol. The van der Waals surface area contributed by atoms with Gasteiger partial charge in [0.15, 0.2) is 0 Å². The van der Waals surface area contributed by atoms with Gasteiger partial charge in [-0.05, 0) is 36.9 Å². The lowest BCUT2D eigenvalue weighted by Crippen LogP contribution is -2.12. The molecule has 0 saturated carbocycles. The number of amides is 1. The second-order valence-electron chi connectivity index (χ2n) is 4.35. The molecule has 0 aliphatic carbocycles. The number of carbonyl (C=O) groups excluding carboxylic acids is 1. The number of aryl methyl sites for hydroxylation is 1. The second kappa shape index (κ2) is 6.75. The van der Waals surface area contributed by atoms with Crippen LogP contribution in [0.3, 0.4) is 0 Å². The molecule has 2 rings (SSSR count). The lowest BCUT2D eigenvalue weighted by atomic mass is 10.2. The van der Waals surface area contributed by atoms with Crippen LogP contribution in [-0.2, 0) is 17.8 Å². The van der Waals surface area contributed by atoms with E-state index >= 15 is 0 Å². The molecule has 0 bridgehead atoms. The topological polar surface area (TPSA) is 54.3 Å². The third kappa shape index (κ3) is 4.26. The van der Waals surface area contributed by atoms with Crippen LogP contribution in [-0.4, -0.2) is 13.0 Å². The third-order valence-electron chi connectivity index (χ3n) is 2.80. The summed E-state index contributed by atoms with van der Waals surface area (Å²) in [6, 6.07) is 11.5. The van der Waals surface area contributed by atoms with Gasteiger partial charge in [0, 0.05) is 25.1 Å². The van der Waals surface area contributed by atoms with Gasteiger partial charge in [0.2, 0.25) is 5.91 Å². The normalized spacial score (nSPS) is 10.4. The SMILES string of the molecule is CNCc1ccc(NC(=O)CCc2ccco2)cc1. The summed E-state index contributed by atoms with van der Waals surface area (Å²) in [6.07, 6.45) is 2.66. The first kappa shape index (κ1) is 13.4. The number of nitrogens with one attached hydrogen (secondary N) is 2. The van der Waals surface area contributed by atoms with Crippen molar-refractivity contribution < 1.29 is 9.21 Å². The zero-order valence-corrected chi connectivity index (χ0v) is 11.0. The Labute approximate surface area is 112 Å². The van der Waals surface area contributed by atoms with Gasteiger partial charge in [-0.1, -0.05) is 12.1 Å². The fraction of sp³-hybridized carbons (Fsp3) is 0.267. The van der Waals surface area contributed by atoms with Crippen molar-refractivity contribution in [1.82, 2.24) is 5.32 Å². The van der Waals surface area contributed by atoms with Crippen molar-refractivity contribution in [3.8, 4) is 0 Å². The molecule has 1 aromatic heterocycles. The summed E-state index contributed by atoms with van der Waals surface area (Å²) in [4.78, 5) is 11.8. The number of anilines is 1. The smallest absolute Gasteiger partial charge is 0.224 e. The number of rotatable bonds is 6. The molecule has 0 spiro atoms. The summed E-state index contributed by atoms with van der Waals surface area (Å²) in [5.74, 6) is 0.831. The average Bonchev–Trinajstić information content (AvgIpc) is 2.92. The molecule has 1 amide bonds. The summed E-state index contributed by atoms with van der Waals surface area (Å²) in [5.41, 5.74) is 2.01. The van der Waals surface area contributed by atoms with Gasteiger partial charge in [-0.25, -0.2) is 0 Å². The number of hydrogen-bond acceptors (Lipinski definition) is 3. The molecule has 0 fully saturated rings. The van der Waals surface area contributed by atoms with Gasteiger partial charge in [-0.2, -0.15) is 0 Å². The van der Waals surface area contributed by atoms with Crippen molar-refractivity contribution in [3.05, 3.63) is 54.0 Å².